The van der Waals surface area contributed by atoms with Crippen LogP contribution in [0.15, 0.2) is 43.0 Å². The van der Waals surface area contributed by atoms with E-state index < -0.39 is 0 Å². The summed E-state index contributed by atoms with van der Waals surface area (Å²) in [4.78, 5) is 29.3. The maximum absolute atomic E-state index is 12.7. The summed E-state index contributed by atoms with van der Waals surface area (Å²) in [6, 6.07) is 10.8. The van der Waals surface area contributed by atoms with Crippen molar-refractivity contribution in [3.8, 4) is 0 Å². The van der Waals surface area contributed by atoms with Crippen molar-refractivity contribution in [3.63, 3.8) is 0 Å². The van der Waals surface area contributed by atoms with Crippen LogP contribution in [0.4, 0.5) is 0 Å². The van der Waals surface area contributed by atoms with Crippen molar-refractivity contribution in [2.45, 2.75) is 51.0 Å². The fraction of sp³-hybridized carbons (Fsp3) is 0.583. The zero-order chi connectivity index (χ0) is 20.5. The summed E-state index contributed by atoms with van der Waals surface area (Å²) in [6.45, 7) is 8.00. The van der Waals surface area contributed by atoms with Crippen LogP contribution in [0.2, 0.25) is 0 Å². The van der Waals surface area contributed by atoms with Crippen LogP contribution in [0.5, 0.6) is 0 Å². The third-order valence-electron chi connectivity index (χ3n) is 6.28. The van der Waals surface area contributed by atoms with Gasteiger partial charge in [-0.25, -0.2) is 0 Å². The summed E-state index contributed by atoms with van der Waals surface area (Å²) in [7, 11) is 0. The maximum Gasteiger partial charge on any atom is 0.224 e. The minimum atomic E-state index is 0.0896. The van der Waals surface area contributed by atoms with Crippen molar-refractivity contribution in [2.75, 3.05) is 32.7 Å². The summed E-state index contributed by atoms with van der Waals surface area (Å²) < 4.78 is 0. The van der Waals surface area contributed by atoms with E-state index in [9.17, 15) is 9.59 Å². The zero-order valence-corrected chi connectivity index (χ0v) is 17.5. The Morgan fingerprint density at radius 2 is 1.86 bits per heavy atom. The molecule has 2 amide bonds. The fourth-order valence-corrected chi connectivity index (χ4v) is 4.54. The van der Waals surface area contributed by atoms with Crippen molar-refractivity contribution < 1.29 is 9.59 Å². The molecule has 0 radical (unpaired) electrons. The molecule has 3 rings (SSSR count). The first-order valence-electron chi connectivity index (χ1n) is 11.1. The van der Waals surface area contributed by atoms with E-state index in [0.717, 1.165) is 64.7 Å². The van der Waals surface area contributed by atoms with Crippen molar-refractivity contribution in [3.05, 3.63) is 48.6 Å². The molecule has 2 heterocycles. The molecule has 2 fully saturated rings. The number of rotatable bonds is 8. The van der Waals surface area contributed by atoms with E-state index in [-0.39, 0.29) is 17.7 Å². The molecular weight excluding hydrogens is 362 g/mol. The lowest BCUT2D eigenvalue weighted by Gasteiger charge is -2.42. The number of hydrogen-bond acceptors (Lipinski definition) is 3. The molecular formula is C24H35N3O2. The summed E-state index contributed by atoms with van der Waals surface area (Å²) in [5.74, 6) is 0.534. The van der Waals surface area contributed by atoms with Crippen LogP contribution < -0.4 is 5.32 Å². The summed E-state index contributed by atoms with van der Waals surface area (Å²) in [5.41, 5.74) is 1.26. The van der Waals surface area contributed by atoms with Crippen LogP contribution in [0, 0.1) is 5.92 Å². The van der Waals surface area contributed by atoms with Gasteiger partial charge in [0.1, 0.15) is 0 Å². The fourth-order valence-electron chi connectivity index (χ4n) is 4.54. The van der Waals surface area contributed by atoms with Gasteiger partial charge < -0.3 is 10.2 Å². The van der Waals surface area contributed by atoms with Crippen LogP contribution in [-0.2, 0) is 16.0 Å². The third kappa shape index (κ3) is 6.43. The first-order valence-corrected chi connectivity index (χ1v) is 11.1. The van der Waals surface area contributed by atoms with E-state index in [1.165, 1.54) is 5.56 Å². The number of benzene rings is 1. The number of allylic oxidation sites excluding steroid dienone is 1. The van der Waals surface area contributed by atoms with Crippen LogP contribution >= 0.6 is 0 Å². The SMILES string of the molecule is C=CCCC(=O)N1CCC(N2CCC[C@@H](C(=O)NCCc3ccccc3)C2)CC1. The van der Waals surface area contributed by atoms with Crippen molar-refractivity contribution in [1.29, 1.82) is 0 Å². The highest BCUT2D eigenvalue weighted by Gasteiger charge is 2.32. The number of carbonyl (C=O) groups excluding carboxylic acids is 2. The van der Waals surface area contributed by atoms with Gasteiger partial charge >= 0.3 is 0 Å². The lowest BCUT2D eigenvalue weighted by molar-refractivity contribution is -0.132. The van der Waals surface area contributed by atoms with Crippen molar-refractivity contribution >= 4 is 11.8 Å². The zero-order valence-electron chi connectivity index (χ0n) is 17.5. The molecule has 2 aliphatic rings. The lowest BCUT2D eigenvalue weighted by Crippen LogP contribution is -2.51. The Hall–Kier alpha value is -2.14. The Kier molecular flexibility index (Phi) is 8.29. The second-order valence-electron chi connectivity index (χ2n) is 8.30. The summed E-state index contributed by atoms with van der Waals surface area (Å²) in [5, 5.41) is 3.14. The highest BCUT2D eigenvalue weighted by molar-refractivity contribution is 5.79. The molecule has 5 nitrogen and oxygen atoms in total. The number of nitrogens with one attached hydrogen (secondary N) is 1. The van der Waals surface area contributed by atoms with E-state index >= 15 is 0 Å². The standard InChI is InChI=1S/C24H35N3O2/c1-2-3-11-23(28)26-17-13-22(14-18-26)27-16-7-10-21(19-27)24(29)25-15-12-20-8-5-4-6-9-20/h2,4-6,8-9,21-22H,1,3,7,10-19H2,(H,25,29)/t21-/m1/s1. The van der Waals surface area contributed by atoms with Gasteiger partial charge in [0.05, 0.1) is 5.92 Å². The van der Waals surface area contributed by atoms with Crippen LogP contribution in [0.25, 0.3) is 0 Å². The molecule has 0 aliphatic carbocycles. The minimum Gasteiger partial charge on any atom is -0.355 e. The average molecular weight is 398 g/mol. The summed E-state index contributed by atoms with van der Waals surface area (Å²) in [6.07, 6.45) is 8.10. The Morgan fingerprint density at radius 3 is 2.59 bits per heavy atom. The molecule has 1 N–H and O–H groups in total. The number of likely N-dealkylation sites (tertiary alicyclic amines) is 2. The minimum absolute atomic E-state index is 0.0896. The highest BCUT2D eigenvalue weighted by atomic mass is 16.2. The Bertz CT molecular complexity index is 668. The van der Waals surface area contributed by atoms with Gasteiger partial charge in [-0.2, -0.15) is 0 Å². The van der Waals surface area contributed by atoms with E-state index in [1.54, 1.807) is 0 Å². The van der Waals surface area contributed by atoms with Gasteiger partial charge in [0.2, 0.25) is 11.8 Å². The van der Waals surface area contributed by atoms with Crippen molar-refractivity contribution in [1.82, 2.24) is 15.1 Å². The van der Waals surface area contributed by atoms with Gasteiger partial charge in [-0.15, -0.1) is 6.58 Å². The molecule has 0 bridgehead atoms. The first-order chi connectivity index (χ1) is 14.2. The molecule has 5 heteroatoms. The number of nitrogens with zero attached hydrogens (tertiary/aromatic N) is 2. The van der Waals surface area contributed by atoms with Crippen LogP contribution in [-0.4, -0.2) is 60.4 Å². The molecule has 2 saturated heterocycles. The molecule has 0 unspecified atom stereocenters. The smallest absolute Gasteiger partial charge is 0.224 e. The normalized spacial score (nSPS) is 21.0. The maximum atomic E-state index is 12.7. The molecule has 158 valence electrons. The monoisotopic (exact) mass is 397 g/mol. The third-order valence-corrected chi connectivity index (χ3v) is 6.28. The second kappa shape index (κ2) is 11.1. The van der Waals surface area contributed by atoms with Gasteiger partial charge in [-0.3, -0.25) is 14.5 Å². The van der Waals surface area contributed by atoms with Gasteiger partial charge in [-0.1, -0.05) is 36.4 Å². The molecule has 1 atom stereocenters. The highest BCUT2D eigenvalue weighted by Crippen LogP contribution is 2.24. The van der Waals surface area contributed by atoms with Gasteiger partial charge in [0.15, 0.2) is 0 Å². The van der Waals surface area contributed by atoms with E-state index in [1.807, 2.05) is 29.2 Å². The van der Waals surface area contributed by atoms with E-state index in [0.29, 0.717) is 19.0 Å². The largest absolute Gasteiger partial charge is 0.355 e. The van der Waals surface area contributed by atoms with Crippen LogP contribution in [0.1, 0.15) is 44.1 Å². The predicted octanol–water partition coefficient (Wildman–Crippen LogP) is 3.01. The van der Waals surface area contributed by atoms with Gasteiger partial charge in [0.25, 0.3) is 0 Å². The molecule has 0 aromatic heterocycles. The number of hydrogen-bond donors (Lipinski definition) is 1. The molecule has 29 heavy (non-hydrogen) atoms. The van der Waals surface area contributed by atoms with Gasteiger partial charge in [0, 0.05) is 38.6 Å². The Balaban J connectivity index is 1.40. The average Bonchev–Trinajstić information content (AvgIpc) is 2.78. The van der Waals surface area contributed by atoms with E-state index in [2.05, 4.69) is 28.9 Å². The number of amides is 2. The number of piperidine rings is 2. The Morgan fingerprint density at radius 1 is 1.10 bits per heavy atom. The molecule has 2 aliphatic heterocycles. The Labute approximate surface area is 175 Å². The molecule has 1 aromatic carbocycles. The molecule has 0 spiro atoms. The molecule has 0 saturated carbocycles. The predicted molar refractivity (Wildman–Crippen MR) is 116 cm³/mol. The van der Waals surface area contributed by atoms with E-state index in [4.69, 9.17) is 0 Å². The van der Waals surface area contributed by atoms with Crippen LogP contribution in [0.3, 0.4) is 0 Å². The lowest BCUT2D eigenvalue weighted by atomic mass is 9.93. The summed E-state index contributed by atoms with van der Waals surface area (Å²) >= 11 is 0. The van der Waals surface area contributed by atoms with Gasteiger partial charge in [-0.05, 0) is 50.6 Å². The topological polar surface area (TPSA) is 52.7 Å². The second-order valence-corrected chi connectivity index (χ2v) is 8.30. The first kappa shape index (κ1) is 21.6. The quantitative estimate of drug-likeness (QED) is 0.686. The number of carbonyl (C=O) groups is 2. The molecule has 1 aromatic rings. The van der Waals surface area contributed by atoms with Crippen molar-refractivity contribution in [2.24, 2.45) is 5.92 Å².